The molecule has 0 radical (unpaired) electrons. The monoisotopic (exact) mass is 487 g/mol. The average molecular weight is 488 g/mol. The number of halogens is 3. The quantitative estimate of drug-likeness (QED) is 0.404. The Morgan fingerprint density at radius 3 is 2.55 bits per heavy atom. The van der Waals surface area contributed by atoms with E-state index in [9.17, 15) is 18.8 Å². The van der Waals surface area contributed by atoms with Crippen LogP contribution in [0.4, 0.5) is 14.9 Å². The fourth-order valence-corrected chi connectivity index (χ4v) is 3.57. The van der Waals surface area contributed by atoms with E-state index < -0.39 is 23.7 Å². The molecule has 0 bridgehead atoms. The van der Waals surface area contributed by atoms with E-state index in [1.807, 2.05) is 0 Å². The van der Waals surface area contributed by atoms with E-state index in [0.29, 0.717) is 28.0 Å². The lowest BCUT2D eigenvalue weighted by Crippen LogP contribution is -2.54. The van der Waals surface area contributed by atoms with E-state index in [1.54, 1.807) is 41.1 Å². The van der Waals surface area contributed by atoms with Gasteiger partial charge in [-0.3, -0.25) is 14.9 Å². The maximum absolute atomic E-state index is 13.2. The molecule has 1 aliphatic heterocycles. The summed E-state index contributed by atoms with van der Waals surface area (Å²) in [5.74, 6) is -1.72. The Kier molecular flexibility index (Phi) is 6.48. The van der Waals surface area contributed by atoms with Crippen LogP contribution in [0.5, 0.6) is 5.75 Å². The van der Waals surface area contributed by atoms with Gasteiger partial charge >= 0.3 is 6.03 Å². The summed E-state index contributed by atoms with van der Waals surface area (Å²) in [7, 11) is 0. The van der Waals surface area contributed by atoms with E-state index in [-0.39, 0.29) is 17.9 Å². The van der Waals surface area contributed by atoms with Crippen LogP contribution < -0.4 is 15.0 Å². The minimum atomic E-state index is -0.907. The van der Waals surface area contributed by atoms with Crippen LogP contribution in [0.2, 0.25) is 10.0 Å². The zero-order valence-electron chi connectivity index (χ0n) is 16.9. The van der Waals surface area contributed by atoms with E-state index in [1.165, 1.54) is 18.2 Å². The maximum Gasteiger partial charge on any atom is 0.335 e. The molecule has 0 unspecified atom stereocenters. The Labute approximate surface area is 198 Å². The van der Waals surface area contributed by atoms with Crippen molar-refractivity contribution in [3.63, 3.8) is 0 Å². The smallest absolute Gasteiger partial charge is 0.335 e. The molecule has 1 N–H and O–H groups in total. The number of nitrogens with one attached hydrogen (secondary N) is 1. The summed E-state index contributed by atoms with van der Waals surface area (Å²) in [6.07, 6.45) is 3.14. The Bertz CT molecular complexity index is 1270. The Hall–Kier alpha value is -3.62. The summed E-state index contributed by atoms with van der Waals surface area (Å²) in [6.45, 7) is 0.622. The fourth-order valence-electron chi connectivity index (χ4n) is 3.23. The van der Waals surface area contributed by atoms with Gasteiger partial charge in [-0.1, -0.05) is 23.2 Å². The van der Waals surface area contributed by atoms with Gasteiger partial charge in [0.2, 0.25) is 0 Å². The second kappa shape index (κ2) is 9.48. The number of carbonyl (C=O) groups is 3. The Balaban J connectivity index is 1.53. The van der Waals surface area contributed by atoms with E-state index in [2.05, 4.69) is 5.32 Å². The molecule has 1 fully saturated rings. The second-order valence-electron chi connectivity index (χ2n) is 6.98. The molecule has 3 aromatic rings. The zero-order valence-corrected chi connectivity index (χ0v) is 18.4. The highest BCUT2D eigenvalue weighted by molar-refractivity contribution is 6.39. The van der Waals surface area contributed by atoms with Crippen molar-refractivity contribution < 1.29 is 23.5 Å². The fraction of sp³-hybridized carbons (Fsp3) is 0.0870. The first-order valence-electron chi connectivity index (χ1n) is 9.73. The van der Waals surface area contributed by atoms with Crippen LogP contribution in [0, 0.1) is 5.82 Å². The molecule has 2 aromatic carbocycles. The number of carbonyl (C=O) groups excluding carboxylic acids is 3. The summed E-state index contributed by atoms with van der Waals surface area (Å²) < 4.78 is 20.7. The molecule has 0 aliphatic carbocycles. The number of rotatable bonds is 6. The van der Waals surface area contributed by atoms with Gasteiger partial charge < -0.3 is 9.30 Å². The van der Waals surface area contributed by atoms with Crippen molar-refractivity contribution >= 4 is 52.8 Å². The molecule has 0 atom stereocenters. The number of nitrogens with zero attached hydrogens (tertiary/aromatic N) is 2. The summed E-state index contributed by atoms with van der Waals surface area (Å²) in [5.41, 5.74) is 0.444. The largest absolute Gasteiger partial charge is 0.490 e. The van der Waals surface area contributed by atoms with Crippen LogP contribution in [-0.4, -0.2) is 29.0 Å². The lowest BCUT2D eigenvalue weighted by atomic mass is 10.1. The van der Waals surface area contributed by atoms with Crippen molar-refractivity contribution in [2.24, 2.45) is 0 Å². The molecular formula is C23H16Cl2FN3O4. The van der Waals surface area contributed by atoms with Gasteiger partial charge in [0, 0.05) is 23.0 Å². The molecule has 4 rings (SSSR count). The van der Waals surface area contributed by atoms with Crippen LogP contribution in [0.3, 0.4) is 0 Å². The lowest BCUT2D eigenvalue weighted by Gasteiger charge is -2.26. The normalized spacial score (nSPS) is 15.2. The first kappa shape index (κ1) is 22.6. The predicted molar refractivity (Wildman–Crippen MR) is 122 cm³/mol. The predicted octanol–water partition coefficient (Wildman–Crippen LogP) is 4.68. The highest BCUT2D eigenvalue weighted by Gasteiger charge is 2.37. The van der Waals surface area contributed by atoms with Crippen molar-refractivity contribution in [2.75, 3.05) is 11.5 Å². The van der Waals surface area contributed by atoms with Gasteiger partial charge in [-0.2, -0.15) is 0 Å². The molecule has 168 valence electrons. The van der Waals surface area contributed by atoms with Crippen LogP contribution in [0.1, 0.15) is 5.69 Å². The highest BCUT2D eigenvalue weighted by atomic mass is 35.5. The van der Waals surface area contributed by atoms with Crippen molar-refractivity contribution in [2.45, 2.75) is 6.54 Å². The van der Waals surface area contributed by atoms with Crippen LogP contribution >= 0.6 is 23.2 Å². The number of urea groups is 1. The first-order chi connectivity index (χ1) is 15.8. The van der Waals surface area contributed by atoms with E-state index in [0.717, 1.165) is 17.0 Å². The number of hydrogen-bond donors (Lipinski definition) is 1. The number of barbiturate groups is 1. The standard InChI is InChI=1S/C23H16Cl2FN3O4/c24-14-3-8-19(25)20(12-14)33-11-10-28-9-1-2-17(28)13-18-21(30)27-23(32)29(22(18)31)16-6-4-15(26)5-7-16/h1-9,12-13H,10-11H2,(H,27,30,32). The maximum atomic E-state index is 13.2. The second-order valence-corrected chi connectivity index (χ2v) is 7.83. The number of anilines is 1. The molecule has 2 heterocycles. The molecule has 7 nitrogen and oxygen atoms in total. The molecule has 0 spiro atoms. The summed E-state index contributed by atoms with van der Waals surface area (Å²) >= 11 is 12.1. The van der Waals surface area contributed by atoms with Gasteiger partial charge in [0.1, 0.15) is 23.7 Å². The van der Waals surface area contributed by atoms with Gasteiger partial charge in [-0.25, -0.2) is 14.1 Å². The van der Waals surface area contributed by atoms with Crippen LogP contribution in [-0.2, 0) is 16.1 Å². The van der Waals surface area contributed by atoms with Crippen LogP contribution in [0.15, 0.2) is 66.4 Å². The van der Waals surface area contributed by atoms with Crippen molar-refractivity contribution in [1.29, 1.82) is 0 Å². The third kappa shape index (κ3) is 4.92. The third-order valence-electron chi connectivity index (χ3n) is 4.83. The zero-order chi connectivity index (χ0) is 23.5. The minimum absolute atomic E-state index is 0.138. The molecule has 33 heavy (non-hydrogen) atoms. The van der Waals surface area contributed by atoms with E-state index in [4.69, 9.17) is 27.9 Å². The lowest BCUT2D eigenvalue weighted by molar-refractivity contribution is -0.122. The number of aromatic nitrogens is 1. The number of amides is 4. The Morgan fingerprint density at radius 2 is 1.79 bits per heavy atom. The average Bonchev–Trinajstić information content (AvgIpc) is 3.22. The van der Waals surface area contributed by atoms with Gasteiger partial charge in [-0.05, 0) is 54.6 Å². The molecule has 1 saturated heterocycles. The topological polar surface area (TPSA) is 80.6 Å². The molecule has 10 heteroatoms. The van der Waals surface area contributed by atoms with Gasteiger partial charge in [-0.15, -0.1) is 0 Å². The number of benzene rings is 2. The Morgan fingerprint density at radius 1 is 1.03 bits per heavy atom. The van der Waals surface area contributed by atoms with Crippen LogP contribution in [0.25, 0.3) is 6.08 Å². The molecule has 1 aliphatic rings. The highest BCUT2D eigenvalue weighted by Crippen LogP contribution is 2.28. The number of hydrogen-bond acceptors (Lipinski definition) is 4. The SMILES string of the molecule is O=C1NC(=O)N(c2ccc(F)cc2)C(=O)C1=Cc1cccn1CCOc1cc(Cl)ccc1Cl. The minimum Gasteiger partial charge on any atom is -0.490 e. The van der Waals surface area contributed by atoms with Gasteiger partial charge in [0.15, 0.2) is 0 Å². The van der Waals surface area contributed by atoms with Gasteiger partial charge in [0.25, 0.3) is 11.8 Å². The summed E-state index contributed by atoms with van der Waals surface area (Å²) in [6, 6.07) is 12.2. The molecular weight excluding hydrogens is 472 g/mol. The first-order valence-corrected chi connectivity index (χ1v) is 10.5. The van der Waals surface area contributed by atoms with Crippen molar-refractivity contribution in [3.05, 3.63) is 87.9 Å². The number of imide groups is 2. The summed E-state index contributed by atoms with van der Waals surface area (Å²) in [4.78, 5) is 38.4. The van der Waals surface area contributed by atoms with E-state index >= 15 is 0 Å². The third-order valence-corrected chi connectivity index (χ3v) is 5.37. The molecule has 0 saturated carbocycles. The molecule has 1 aromatic heterocycles. The summed E-state index contributed by atoms with van der Waals surface area (Å²) in [5, 5.41) is 3.04. The van der Waals surface area contributed by atoms with Crippen molar-refractivity contribution in [3.8, 4) is 5.75 Å². The van der Waals surface area contributed by atoms with Gasteiger partial charge in [0.05, 0.1) is 17.3 Å². The molecule has 4 amide bonds. The van der Waals surface area contributed by atoms with Crippen molar-refractivity contribution in [1.82, 2.24) is 9.88 Å². The number of ether oxygens (including phenoxy) is 1.